The molecule has 3 nitrogen and oxygen atoms in total. The Kier molecular flexibility index (Phi) is 4.52. The second-order valence-electron chi connectivity index (χ2n) is 5.24. The highest BCUT2D eigenvalue weighted by Gasteiger charge is 2.23. The monoisotopic (exact) mass is 262 g/mol. The van der Waals surface area contributed by atoms with Gasteiger partial charge in [0, 0.05) is 12.1 Å². The number of aliphatic hydroxyl groups excluding tert-OH is 1. The minimum Gasteiger partial charge on any atom is -0.393 e. The van der Waals surface area contributed by atoms with Gasteiger partial charge in [0.25, 0.3) is 0 Å². The number of aliphatic hydroxyl groups is 1. The fourth-order valence-corrected chi connectivity index (χ4v) is 2.62. The van der Waals surface area contributed by atoms with E-state index in [2.05, 4.69) is 4.90 Å². The van der Waals surface area contributed by atoms with Crippen molar-refractivity contribution in [3.8, 4) is 6.07 Å². The predicted molar refractivity (Wildman–Crippen MR) is 70.8 cm³/mol. The van der Waals surface area contributed by atoms with Crippen molar-refractivity contribution in [3.63, 3.8) is 0 Å². The van der Waals surface area contributed by atoms with Gasteiger partial charge < -0.3 is 5.11 Å². The summed E-state index contributed by atoms with van der Waals surface area (Å²) in [5.74, 6) is -0.0470. The Morgan fingerprint density at radius 2 is 2.16 bits per heavy atom. The van der Waals surface area contributed by atoms with Crippen LogP contribution in [0.5, 0.6) is 0 Å². The molecule has 2 rings (SSSR count). The van der Waals surface area contributed by atoms with E-state index in [0.29, 0.717) is 18.0 Å². The molecule has 19 heavy (non-hydrogen) atoms. The first-order chi connectivity index (χ1) is 9.11. The van der Waals surface area contributed by atoms with E-state index < -0.39 is 5.82 Å². The van der Waals surface area contributed by atoms with Crippen LogP contribution in [0.2, 0.25) is 0 Å². The van der Waals surface area contributed by atoms with Gasteiger partial charge in [-0.15, -0.1) is 0 Å². The van der Waals surface area contributed by atoms with Gasteiger partial charge >= 0.3 is 0 Å². The predicted octanol–water partition coefficient (Wildman–Crippen LogP) is 2.29. The first kappa shape index (κ1) is 14.0. The molecular formula is C15H19FN2O. The zero-order valence-electron chi connectivity index (χ0n) is 11.1. The normalized spacial score (nSPS) is 19.1. The van der Waals surface area contributed by atoms with Crippen molar-refractivity contribution in [2.24, 2.45) is 5.92 Å². The summed E-state index contributed by atoms with van der Waals surface area (Å²) < 4.78 is 13.9. The number of hydrogen-bond donors (Lipinski definition) is 1. The van der Waals surface area contributed by atoms with Crippen LogP contribution in [0.1, 0.15) is 30.9 Å². The van der Waals surface area contributed by atoms with Crippen molar-refractivity contribution >= 4 is 0 Å². The zero-order chi connectivity index (χ0) is 13.8. The summed E-state index contributed by atoms with van der Waals surface area (Å²) in [5.41, 5.74) is 0.686. The Bertz CT molecular complexity index is 474. The lowest BCUT2D eigenvalue weighted by molar-refractivity contribution is 0.0692. The van der Waals surface area contributed by atoms with E-state index in [4.69, 9.17) is 5.26 Å². The highest BCUT2D eigenvalue weighted by molar-refractivity contribution is 5.34. The molecule has 0 aromatic heterocycles. The molecule has 1 saturated heterocycles. The third kappa shape index (κ3) is 3.31. The molecule has 1 aromatic carbocycles. The molecule has 1 aliphatic heterocycles. The molecule has 0 amide bonds. The number of piperidine rings is 1. The van der Waals surface area contributed by atoms with Gasteiger partial charge in [-0.05, 0) is 44.8 Å². The zero-order valence-corrected chi connectivity index (χ0v) is 11.1. The van der Waals surface area contributed by atoms with Crippen LogP contribution >= 0.6 is 0 Å². The lowest BCUT2D eigenvalue weighted by Gasteiger charge is -2.33. The van der Waals surface area contributed by atoms with Crippen LogP contribution in [0.15, 0.2) is 18.2 Å². The summed E-state index contributed by atoms with van der Waals surface area (Å²) in [6, 6.07) is 6.82. The maximum Gasteiger partial charge on any atom is 0.145 e. The fraction of sp³-hybridized carbons (Fsp3) is 0.533. The average Bonchev–Trinajstić information content (AvgIpc) is 2.42. The summed E-state index contributed by atoms with van der Waals surface area (Å²) in [5, 5.41) is 18.4. The molecule has 0 saturated carbocycles. The van der Waals surface area contributed by atoms with E-state index in [1.165, 1.54) is 6.07 Å². The standard InChI is InChI=1S/C15H19FN2O/c1-11(19)12-5-7-18(8-6-12)10-14-4-2-3-13(9-17)15(14)16/h2-4,11-12,19H,5-8,10H2,1H3. The Hall–Kier alpha value is -1.44. The van der Waals surface area contributed by atoms with Crippen LogP contribution in [0.3, 0.4) is 0 Å². The molecule has 102 valence electrons. The third-order valence-corrected chi connectivity index (χ3v) is 3.91. The van der Waals surface area contributed by atoms with Gasteiger partial charge in [0.1, 0.15) is 11.9 Å². The van der Waals surface area contributed by atoms with Gasteiger partial charge in [-0.1, -0.05) is 12.1 Å². The molecule has 1 N–H and O–H groups in total. The van der Waals surface area contributed by atoms with Crippen molar-refractivity contribution in [2.75, 3.05) is 13.1 Å². The Morgan fingerprint density at radius 3 is 2.74 bits per heavy atom. The van der Waals surface area contributed by atoms with Crippen molar-refractivity contribution in [2.45, 2.75) is 32.4 Å². The lowest BCUT2D eigenvalue weighted by atomic mass is 9.92. The summed E-state index contributed by atoms with van der Waals surface area (Å²) in [6.45, 7) is 4.10. The SMILES string of the molecule is CC(O)C1CCN(Cc2cccc(C#N)c2F)CC1. The van der Waals surface area contributed by atoms with E-state index in [9.17, 15) is 9.50 Å². The molecule has 1 atom stereocenters. The van der Waals surface area contributed by atoms with Crippen LogP contribution in [0.4, 0.5) is 4.39 Å². The minimum absolute atomic E-state index is 0.108. The summed E-state index contributed by atoms with van der Waals surface area (Å²) >= 11 is 0. The molecule has 1 unspecified atom stereocenters. The topological polar surface area (TPSA) is 47.3 Å². The second-order valence-corrected chi connectivity index (χ2v) is 5.24. The smallest absolute Gasteiger partial charge is 0.145 e. The molecule has 4 heteroatoms. The van der Waals surface area contributed by atoms with E-state index in [1.54, 1.807) is 12.1 Å². The number of likely N-dealkylation sites (tertiary alicyclic amines) is 1. The largest absolute Gasteiger partial charge is 0.393 e. The number of rotatable bonds is 3. The van der Waals surface area contributed by atoms with Crippen LogP contribution < -0.4 is 0 Å². The van der Waals surface area contributed by atoms with Gasteiger partial charge in [0.2, 0.25) is 0 Å². The molecule has 0 bridgehead atoms. The average molecular weight is 262 g/mol. The minimum atomic E-state index is -0.400. The maximum absolute atomic E-state index is 13.9. The van der Waals surface area contributed by atoms with Crippen LogP contribution in [0.25, 0.3) is 0 Å². The van der Waals surface area contributed by atoms with Gasteiger partial charge in [-0.25, -0.2) is 4.39 Å². The number of nitriles is 1. The molecule has 0 radical (unpaired) electrons. The molecular weight excluding hydrogens is 243 g/mol. The van der Waals surface area contributed by atoms with Gasteiger partial charge in [0.15, 0.2) is 0 Å². The molecule has 0 spiro atoms. The number of hydrogen-bond acceptors (Lipinski definition) is 3. The first-order valence-corrected chi connectivity index (χ1v) is 6.69. The molecule has 1 aliphatic rings. The quantitative estimate of drug-likeness (QED) is 0.909. The van der Waals surface area contributed by atoms with E-state index in [-0.39, 0.29) is 11.7 Å². The van der Waals surface area contributed by atoms with Crippen molar-refractivity contribution in [1.82, 2.24) is 4.90 Å². The second kappa shape index (κ2) is 6.14. The molecule has 1 heterocycles. The summed E-state index contributed by atoms with van der Waals surface area (Å²) in [4.78, 5) is 2.18. The lowest BCUT2D eigenvalue weighted by Crippen LogP contribution is -2.36. The summed E-state index contributed by atoms with van der Waals surface area (Å²) in [6.07, 6.45) is 1.62. The number of nitrogens with zero attached hydrogens (tertiary/aromatic N) is 2. The van der Waals surface area contributed by atoms with Crippen molar-refractivity contribution < 1.29 is 9.50 Å². The van der Waals surface area contributed by atoms with Crippen LogP contribution in [-0.2, 0) is 6.54 Å². The van der Waals surface area contributed by atoms with Crippen LogP contribution in [0, 0.1) is 23.1 Å². The van der Waals surface area contributed by atoms with Gasteiger partial charge in [-0.2, -0.15) is 5.26 Å². The number of halogens is 1. The van der Waals surface area contributed by atoms with Gasteiger partial charge in [-0.3, -0.25) is 4.90 Å². The highest BCUT2D eigenvalue weighted by Crippen LogP contribution is 2.23. The Morgan fingerprint density at radius 1 is 1.47 bits per heavy atom. The Labute approximate surface area is 113 Å². The first-order valence-electron chi connectivity index (χ1n) is 6.69. The third-order valence-electron chi connectivity index (χ3n) is 3.91. The molecule has 0 aliphatic carbocycles. The van der Waals surface area contributed by atoms with E-state index in [0.717, 1.165) is 25.9 Å². The molecule has 1 aromatic rings. The van der Waals surface area contributed by atoms with Crippen LogP contribution in [-0.4, -0.2) is 29.2 Å². The van der Waals surface area contributed by atoms with E-state index >= 15 is 0 Å². The number of benzene rings is 1. The Balaban J connectivity index is 1.98. The van der Waals surface area contributed by atoms with E-state index in [1.807, 2.05) is 13.0 Å². The maximum atomic E-state index is 13.9. The fourth-order valence-electron chi connectivity index (χ4n) is 2.62. The van der Waals surface area contributed by atoms with Gasteiger partial charge in [0.05, 0.1) is 11.7 Å². The molecule has 1 fully saturated rings. The highest BCUT2D eigenvalue weighted by atomic mass is 19.1. The summed E-state index contributed by atoms with van der Waals surface area (Å²) in [7, 11) is 0. The van der Waals surface area contributed by atoms with Crippen molar-refractivity contribution in [3.05, 3.63) is 35.1 Å². The van der Waals surface area contributed by atoms with Crippen molar-refractivity contribution in [1.29, 1.82) is 5.26 Å².